The largest absolute Gasteiger partial charge is 0.496 e. The second-order valence-corrected chi connectivity index (χ2v) is 7.56. The van der Waals surface area contributed by atoms with Crippen LogP contribution in [0.3, 0.4) is 0 Å². The van der Waals surface area contributed by atoms with Gasteiger partial charge in [-0.15, -0.1) is 0 Å². The molecule has 7 nitrogen and oxygen atoms in total. The molecule has 1 aliphatic heterocycles. The predicted molar refractivity (Wildman–Crippen MR) is 109 cm³/mol. The average molecular weight is 430 g/mol. The monoisotopic (exact) mass is 429 g/mol. The van der Waals surface area contributed by atoms with Crippen LogP contribution in [0.15, 0.2) is 36.2 Å². The van der Waals surface area contributed by atoms with Gasteiger partial charge in [0.15, 0.2) is 17.3 Å². The van der Waals surface area contributed by atoms with Crippen molar-refractivity contribution < 1.29 is 28.5 Å². The van der Waals surface area contributed by atoms with Crippen molar-refractivity contribution in [2.24, 2.45) is 5.92 Å². The molecule has 0 unspecified atom stereocenters. The Kier molecular flexibility index (Phi) is 4.94. The fourth-order valence-corrected chi connectivity index (χ4v) is 4.34. The van der Waals surface area contributed by atoms with E-state index in [1.165, 1.54) is 27.4 Å². The van der Waals surface area contributed by atoms with E-state index in [0.29, 0.717) is 22.8 Å². The molecule has 2 aromatic rings. The fourth-order valence-electron chi connectivity index (χ4n) is 4.04. The first-order chi connectivity index (χ1) is 14.4. The number of rotatable bonds is 4. The van der Waals surface area contributed by atoms with Crippen LogP contribution < -0.4 is 14.2 Å². The molecular formula is C22H20ClNO6. The van der Waals surface area contributed by atoms with Crippen LogP contribution >= 0.6 is 11.6 Å². The molecule has 0 amide bonds. The summed E-state index contributed by atoms with van der Waals surface area (Å²) >= 11 is 6.71. The number of halogens is 1. The van der Waals surface area contributed by atoms with Gasteiger partial charge in [-0.2, -0.15) is 0 Å². The van der Waals surface area contributed by atoms with Gasteiger partial charge in [0.2, 0.25) is 17.3 Å². The van der Waals surface area contributed by atoms with Crippen molar-refractivity contribution in [1.29, 1.82) is 0 Å². The molecular weight excluding hydrogens is 410 g/mol. The molecule has 30 heavy (non-hydrogen) atoms. The van der Waals surface area contributed by atoms with E-state index in [1.54, 1.807) is 31.3 Å². The third-order valence-electron chi connectivity index (χ3n) is 5.57. The lowest BCUT2D eigenvalue weighted by atomic mass is 9.75. The number of hydrogen-bond acceptors (Lipinski definition) is 7. The lowest BCUT2D eigenvalue weighted by Gasteiger charge is -2.36. The Morgan fingerprint density at radius 2 is 1.93 bits per heavy atom. The Labute approximate surface area is 178 Å². The highest BCUT2D eigenvalue weighted by atomic mass is 35.5. The highest BCUT2D eigenvalue weighted by molar-refractivity contribution is 6.36. The van der Waals surface area contributed by atoms with Gasteiger partial charge < -0.3 is 18.9 Å². The molecule has 2 heterocycles. The highest BCUT2D eigenvalue weighted by Crippen LogP contribution is 2.54. The number of carbonyl (C=O) groups excluding carboxylic acids is 2. The molecule has 1 aromatic carbocycles. The molecule has 2 atom stereocenters. The third-order valence-corrected chi connectivity index (χ3v) is 5.94. The summed E-state index contributed by atoms with van der Waals surface area (Å²) in [5, 5.41) is 0.252. The Morgan fingerprint density at radius 3 is 2.53 bits per heavy atom. The van der Waals surface area contributed by atoms with Crippen LogP contribution in [-0.4, -0.2) is 43.5 Å². The van der Waals surface area contributed by atoms with E-state index in [2.05, 4.69) is 4.98 Å². The number of ketones is 2. The van der Waals surface area contributed by atoms with Crippen molar-refractivity contribution in [2.75, 3.05) is 21.3 Å². The summed E-state index contributed by atoms with van der Waals surface area (Å²) < 4.78 is 22.3. The molecule has 1 aromatic heterocycles. The van der Waals surface area contributed by atoms with Crippen molar-refractivity contribution in [3.63, 3.8) is 0 Å². The predicted octanol–water partition coefficient (Wildman–Crippen LogP) is 3.87. The van der Waals surface area contributed by atoms with Crippen LogP contribution in [0.25, 0.3) is 11.1 Å². The standard InChI is InChI=1S/C22H20ClNO6/c1-11-7-13(25)8-16(28-3)22(11)21(26)18-15(27-2)9-14(19(23)20(18)30-22)12-5-6-17(29-4)24-10-12/h5-6,8-11H,7H2,1-4H3/t11-,22+/m1/s1. The number of nitrogens with zero attached hydrogens (tertiary/aromatic N) is 1. The summed E-state index contributed by atoms with van der Waals surface area (Å²) in [6.45, 7) is 1.78. The summed E-state index contributed by atoms with van der Waals surface area (Å²) in [7, 11) is 4.41. The van der Waals surface area contributed by atoms with Crippen molar-refractivity contribution in [3.8, 4) is 28.5 Å². The first kappa shape index (κ1) is 20.2. The Morgan fingerprint density at radius 1 is 1.17 bits per heavy atom. The molecule has 0 saturated carbocycles. The molecule has 1 aliphatic carbocycles. The summed E-state index contributed by atoms with van der Waals surface area (Å²) in [4.78, 5) is 29.9. The zero-order valence-electron chi connectivity index (χ0n) is 16.9. The van der Waals surface area contributed by atoms with Crippen LogP contribution in [0.4, 0.5) is 0 Å². The third kappa shape index (κ3) is 2.76. The number of aromatic nitrogens is 1. The smallest absolute Gasteiger partial charge is 0.231 e. The molecule has 0 N–H and O–H groups in total. The van der Waals surface area contributed by atoms with Gasteiger partial charge in [0.05, 0.1) is 26.4 Å². The molecule has 0 saturated heterocycles. The quantitative estimate of drug-likeness (QED) is 0.729. The van der Waals surface area contributed by atoms with Gasteiger partial charge in [0.25, 0.3) is 0 Å². The van der Waals surface area contributed by atoms with Crippen LogP contribution in [0.5, 0.6) is 17.4 Å². The highest BCUT2D eigenvalue weighted by Gasteiger charge is 2.59. The molecule has 0 bridgehead atoms. The van der Waals surface area contributed by atoms with E-state index in [0.717, 1.165) is 0 Å². The van der Waals surface area contributed by atoms with Gasteiger partial charge in [-0.25, -0.2) is 4.98 Å². The molecule has 8 heteroatoms. The average Bonchev–Trinajstić information content (AvgIpc) is 3.06. The van der Waals surface area contributed by atoms with Crippen LogP contribution in [-0.2, 0) is 9.53 Å². The molecule has 2 aliphatic rings. The number of methoxy groups -OCH3 is 3. The van der Waals surface area contributed by atoms with Crippen molar-refractivity contribution in [3.05, 3.63) is 46.8 Å². The normalized spacial score (nSPS) is 22.4. The lowest BCUT2D eigenvalue weighted by molar-refractivity contribution is -0.118. The van der Waals surface area contributed by atoms with E-state index in [-0.39, 0.29) is 40.1 Å². The van der Waals surface area contributed by atoms with Crippen LogP contribution in [0, 0.1) is 5.92 Å². The Bertz CT molecular complexity index is 1080. The zero-order valence-corrected chi connectivity index (χ0v) is 17.7. The second kappa shape index (κ2) is 7.32. The maximum absolute atomic E-state index is 13.6. The van der Waals surface area contributed by atoms with E-state index in [1.807, 2.05) is 0 Å². The lowest BCUT2D eigenvalue weighted by Crippen LogP contribution is -2.51. The minimum atomic E-state index is -1.46. The molecule has 4 rings (SSSR count). The summed E-state index contributed by atoms with van der Waals surface area (Å²) in [5.74, 6) is 0.237. The van der Waals surface area contributed by atoms with Crippen LogP contribution in [0.1, 0.15) is 23.7 Å². The maximum Gasteiger partial charge on any atom is 0.231 e. The van der Waals surface area contributed by atoms with Gasteiger partial charge in [0.1, 0.15) is 11.3 Å². The van der Waals surface area contributed by atoms with Gasteiger partial charge >= 0.3 is 0 Å². The van der Waals surface area contributed by atoms with E-state index >= 15 is 0 Å². The minimum Gasteiger partial charge on any atom is -0.496 e. The number of pyridine rings is 1. The van der Waals surface area contributed by atoms with E-state index in [9.17, 15) is 9.59 Å². The van der Waals surface area contributed by atoms with Crippen molar-refractivity contribution >= 4 is 23.2 Å². The number of hydrogen-bond donors (Lipinski definition) is 0. The Balaban J connectivity index is 1.91. The molecule has 1 spiro atoms. The van der Waals surface area contributed by atoms with Gasteiger partial charge in [-0.05, 0) is 12.1 Å². The number of allylic oxidation sites excluding steroid dienone is 1. The fraction of sp³-hybridized carbons (Fsp3) is 0.318. The molecule has 0 fully saturated rings. The van der Waals surface area contributed by atoms with Gasteiger partial charge in [0, 0.05) is 41.8 Å². The second-order valence-electron chi connectivity index (χ2n) is 7.18. The first-order valence-electron chi connectivity index (χ1n) is 9.31. The summed E-state index contributed by atoms with van der Waals surface area (Å²) in [6, 6.07) is 5.19. The van der Waals surface area contributed by atoms with E-state index in [4.69, 9.17) is 30.5 Å². The van der Waals surface area contributed by atoms with E-state index < -0.39 is 11.5 Å². The number of Topliss-reactive ketones (excluding diaryl/α,β-unsaturated/α-hetero) is 1. The number of ether oxygens (including phenoxy) is 4. The van der Waals surface area contributed by atoms with Gasteiger partial charge in [-0.1, -0.05) is 18.5 Å². The SMILES string of the molecule is COC1=CC(=O)C[C@@H](C)[C@]12Oc1c(Cl)c(-c3ccc(OC)nc3)cc(OC)c1C2=O. The molecule has 156 valence electrons. The number of benzene rings is 1. The maximum atomic E-state index is 13.6. The van der Waals surface area contributed by atoms with Crippen molar-refractivity contribution in [2.45, 2.75) is 18.9 Å². The minimum absolute atomic E-state index is 0.125. The van der Waals surface area contributed by atoms with Crippen molar-refractivity contribution in [1.82, 2.24) is 4.98 Å². The zero-order chi connectivity index (χ0) is 21.6. The molecule has 0 radical (unpaired) electrons. The topological polar surface area (TPSA) is 84.0 Å². The number of fused-ring (bicyclic) bond motifs is 1. The van der Waals surface area contributed by atoms with Gasteiger partial charge in [-0.3, -0.25) is 9.59 Å². The summed E-state index contributed by atoms with van der Waals surface area (Å²) in [5.41, 5.74) is 0.0681. The number of carbonyl (C=O) groups is 2. The van der Waals surface area contributed by atoms with Crippen LogP contribution in [0.2, 0.25) is 5.02 Å². The summed E-state index contributed by atoms with van der Waals surface area (Å²) in [6.07, 6.45) is 3.08. The Hall–Kier alpha value is -3.06. The first-order valence-corrected chi connectivity index (χ1v) is 9.68.